The fraction of sp³-hybridized carbons (Fsp3) is 0.712. The summed E-state index contributed by atoms with van der Waals surface area (Å²) in [5, 5.41) is 0. The second kappa shape index (κ2) is 66.6. The highest BCUT2D eigenvalue weighted by atomic mass is 16.6. The monoisotopic (exact) mass is 1100 g/mol. The largest absolute Gasteiger partial charge is 0.462 e. The minimum Gasteiger partial charge on any atom is -0.462 e. The molecule has 0 saturated carbocycles. The Bertz CT molecular complexity index is 1590. The molecule has 0 bridgehead atoms. The summed E-state index contributed by atoms with van der Waals surface area (Å²) in [6, 6.07) is 0. The van der Waals surface area contributed by atoms with Gasteiger partial charge in [-0.15, -0.1) is 0 Å². The van der Waals surface area contributed by atoms with Crippen molar-refractivity contribution in [1.29, 1.82) is 0 Å². The van der Waals surface area contributed by atoms with Gasteiger partial charge in [0, 0.05) is 19.3 Å². The molecule has 0 aliphatic rings. The van der Waals surface area contributed by atoms with Crippen LogP contribution in [0.15, 0.2) is 109 Å². The smallest absolute Gasteiger partial charge is 0.306 e. The molecule has 0 aromatic rings. The summed E-state index contributed by atoms with van der Waals surface area (Å²) in [5.41, 5.74) is 0. The first-order chi connectivity index (χ1) is 39.0. The van der Waals surface area contributed by atoms with Gasteiger partial charge in [-0.1, -0.05) is 284 Å². The van der Waals surface area contributed by atoms with Crippen LogP contribution in [0.5, 0.6) is 0 Å². The fourth-order valence-electron chi connectivity index (χ4n) is 9.30. The highest BCUT2D eigenvalue weighted by molar-refractivity contribution is 5.71. The zero-order valence-electron chi connectivity index (χ0n) is 51.9. The molecule has 0 radical (unpaired) electrons. The first-order valence-corrected chi connectivity index (χ1v) is 33.4. The van der Waals surface area contributed by atoms with E-state index < -0.39 is 6.10 Å². The van der Waals surface area contributed by atoms with E-state index in [9.17, 15) is 14.4 Å². The van der Waals surface area contributed by atoms with Gasteiger partial charge in [0.05, 0.1) is 0 Å². The third kappa shape index (κ3) is 64.8. The summed E-state index contributed by atoms with van der Waals surface area (Å²) in [6.45, 7) is 6.40. The van der Waals surface area contributed by atoms with E-state index in [0.717, 1.165) is 128 Å². The van der Waals surface area contributed by atoms with Crippen LogP contribution in [-0.2, 0) is 28.6 Å². The molecule has 0 fully saturated rings. The van der Waals surface area contributed by atoms with Crippen LogP contribution in [0.4, 0.5) is 0 Å². The van der Waals surface area contributed by atoms with Crippen molar-refractivity contribution >= 4 is 17.9 Å². The van der Waals surface area contributed by atoms with E-state index in [0.29, 0.717) is 19.3 Å². The molecule has 0 aliphatic heterocycles. The van der Waals surface area contributed by atoms with Crippen molar-refractivity contribution in [1.82, 2.24) is 0 Å². The third-order valence-electron chi connectivity index (χ3n) is 14.2. The number of rotatable bonds is 60. The standard InChI is InChI=1S/C73H124O6/c1-4-7-10-13-16-19-22-25-27-28-29-30-31-32-33-34-35-36-37-38-39-40-41-42-43-44-46-48-51-54-57-60-63-66-72(75)78-69-70(68-77-71(74)65-62-59-56-53-50-47-24-21-18-15-12-9-6-3)79-73(76)67-64-61-58-55-52-49-45-26-23-20-17-14-11-8-5-2/h7,9-10,12,16,18-19,21,25-27,29-30,32-33,45,47,50,70H,4-6,8,11,13-15,17,20,22-24,28,31,34-44,46,48-49,51-69H2,1-3H3/b10-7-,12-9-,19-16-,21-18-,27-25-,30-29-,33-32-,45-26-,50-47-. The van der Waals surface area contributed by atoms with Gasteiger partial charge in [-0.25, -0.2) is 0 Å². The lowest BCUT2D eigenvalue weighted by molar-refractivity contribution is -0.167. The van der Waals surface area contributed by atoms with E-state index in [-0.39, 0.29) is 31.1 Å². The van der Waals surface area contributed by atoms with Crippen LogP contribution in [0.2, 0.25) is 0 Å². The molecule has 0 heterocycles. The zero-order chi connectivity index (χ0) is 57.1. The van der Waals surface area contributed by atoms with E-state index in [4.69, 9.17) is 14.2 Å². The molecule has 6 heteroatoms. The lowest BCUT2D eigenvalue weighted by Crippen LogP contribution is -2.30. The van der Waals surface area contributed by atoms with E-state index in [1.54, 1.807) is 0 Å². The Hall–Kier alpha value is -3.93. The van der Waals surface area contributed by atoms with Crippen molar-refractivity contribution in [2.45, 2.75) is 322 Å². The summed E-state index contributed by atoms with van der Waals surface area (Å²) in [6.07, 6.45) is 91.2. The van der Waals surface area contributed by atoms with Crippen LogP contribution in [0, 0.1) is 0 Å². The molecule has 0 aromatic carbocycles. The quantitative estimate of drug-likeness (QED) is 0.0261. The van der Waals surface area contributed by atoms with Gasteiger partial charge in [0.15, 0.2) is 6.10 Å². The van der Waals surface area contributed by atoms with Crippen LogP contribution in [0.25, 0.3) is 0 Å². The number of esters is 3. The summed E-state index contributed by atoms with van der Waals surface area (Å²) in [7, 11) is 0. The molecule has 0 aromatic heterocycles. The van der Waals surface area contributed by atoms with E-state index in [2.05, 4.69) is 130 Å². The Morgan fingerprint density at radius 3 is 0.797 bits per heavy atom. The molecule has 0 N–H and O–H groups in total. The van der Waals surface area contributed by atoms with Crippen molar-refractivity contribution in [2.75, 3.05) is 13.2 Å². The highest BCUT2D eigenvalue weighted by Gasteiger charge is 2.19. The average molecular weight is 1100 g/mol. The van der Waals surface area contributed by atoms with Crippen molar-refractivity contribution in [3.05, 3.63) is 109 Å². The van der Waals surface area contributed by atoms with Crippen LogP contribution >= 0.6 is 0 Å². The molecular weight excluding hydrogens is 973 g/mol. The maximum Gasteiger partial charge on any atom is 0.306 e. The van der Waals surface area contributed by atoms with Gasteiger partial charge in [-0.2, -0.15) is 0 Å². The Balaban J connectivity index is 4.17. The van der Waals surface area contributed by atoms with Crippen molar-refractivity contribution in [3.63, 3.8) is 0 Å². The molecule has 6 nitrogen and oxygen atoms in total. The summed E-state index contributed by atoms with van der Waals surface area (Å²) >= 11 is 0. The maximum absolute atomic E-state index is 12.9. The molecule has 1 unspecified atom stereocenters. The molecule has 0 rings (SSSR count). The number of carbonyl (C=O) groups is 3. The summed E-state index contributed by atoms with van der Waals surface area (Å²) in [4.78, 5) is 38.3. The molecule has 1 atom stereocenters. The minimum absolute atomic E-state index is 0.0886. The first-order valence-electron chi connectivity index (χ1n) is 33.4. The van der Waals surface area contributed by atoms with Crippen LogP contribution in [0.1, 0.15) is 316 Å². The maximum atomic E-state index is 12.9. The molecule has 0 amide bonds. The molecule has 0 spiro atoms. The number of allylic oxidation sites excluding steroid dienone is 18. The minimum atomic E-state index is -0.794. The van der Waals surface area contributed by atoms with Crippen LogP contribution in [-0.4, -0.2) is 37.2 Å². The van der Waals surface area contributed by atoms with Crippen LogP contribution < -0.4 is 0 Å². The second-order valence-corrected chi connectivity index (χ2v) is 22.0. The molecule has 0 saturated heterocycles. The number of hydrogen-bond donors (Lipinski definition) is 0. The topological polar surface area (TPSA) is 78.9 Å². The number of unbranched alkanes of at least 4 members (excludes halogenated alkanes) is 31. The van der Waals surface area contributed by atoms with E-state index >= 15 is 0 Å². The number of ether oxygens (including phenoxy) is 3. The summed E-state index contributed by atoms with van der Waals surface area (Å²) < 4.78 is 16.9. The van der Waals surface area contributed by atoms with Crippen molar-refractivity contribution < 1.29 is 28.6 Å². The van der Waals surface area contributed by atoms with Gasteiger partial charge >= 0.3 is 17.9 Å². The average Bonchev–Trinajstić information content (AvgIpc) is 3.45. The predicted molar refractivity (Wildman–Crippen MR) is 343 cm³/mol. The van der Waals surface area contributed by atoms with Gasteiger partial charge in [-0.3, -0.25) is 14.4 Å². The number of hydrogen-bond acceptors (Lipinski definition) is 6. The predicted octanol–water partition coefficient (Wildman–Crippen LogP) is 23.0. The SMILES string of the molecule is CC/C=C\C/C=C\C/C=C\C/C=C\C/C=C\CCCCCCCCCCCCCCCCCCCC(=O)OCC(COC(=O)CCCCC/C=C\C/C=C\C/C=C\CC)OC(=O)CCCCCCC/C=C\CCCCCCCC. The van der Waals surface area contributed by atoms with E-state index in [1.807, 2.05) is 0 Å². The Labute approximate surface area is 489 Å². The van der Waals surface area contributed by atoms with E-state index in [1.165, 1.54) is 148 Å². The highest BCUT2D eigenvalue weighted by Crippen LogP contribution is 2.17. The second-order valence-electron chi connectivity index (χ2n) is 22.0. The third-order valence-corrected chi connectivity index (χ3v) is 14.2. The van der Waals surface area contributed by atoms with Gasteiger partial charge in [-0.05, 0) is 122 Å². The Morgan fingerprint density at radius 2 is 0.494 bits per heavy atom. The Kier molecular flexibility index (Phi) is 63.3. The molecule has 452 valence electrons. The lowest BCUT2D eigenvalue weighted by atomic mass is 10.0. The van der Waals surface area contributed by atoms with Gasteiger partial charge in [0.1, 0.15) is 13.2 Å². The van der Waals surface area contributed by atoms with Crippen molar-refractivity contribution in [3.8, 4) is 0 Å². The van der Waals surface area contributed by atoms with Gasteiger partial charge in [0.25, 0.3) is 0 Å². The lowest BCUT2D eigenvalue weighted by Gasteiger charge is -2.18. The van der Waals surface area contributed by atoms with Crippen LogP contribution in [0.3, 0.4) is 0 Å². The zero-order valence-corrected chi connectivity index (χ0v) is 51.9. The normalized spacial score (nSPS) is 12.8. The van der Waals surface area contributed by atoms with Gasteiger partial charge < -0.3 is 14.2 Å². The fourth-order valence-corrected chi connectivity index (χ4v) is 9.30. The summed E-state index contributed by atoms with van der Waals surface area (Å²) in [5.74, 6) is -0.918. The first kappa shape index (κ1) is 75.1. The number of carbonyl (C=O) groups excluding carboxylic acids is 3. The molecular formula is C73H124O6. The van der Waals surface area contributed by atoms with Gasteiger partial charge in [0.2, 0.25) is 0 Å². The molecule has 79 heavy (non-hydrogen) atoms. The van der Waals surface area contributed by atoms with Crippen molar-refractivity contribution in [2.24, 2.45) is 0 Å². The molecule has 0 aliphatic carbocycles. The Morgan fingerprint density at radius 1 is 0.266 bits per heavy atom.